The molecule has 0 aliphatic carbocycles. The summed E-state index contributed by atoms with van der Waals surface area (Å²) in [5, 5.41) is 6.85. The van der Waals surface area contributed by atoms with E-state index in [4.69, 9.17) is 11.6 Å². The Hall–Kier alpha value is -2.18. The zero-order valence-electron chi connectivity index (χ0n) is 11.9. The number of carbonyl (C=O) groups is 2. The summed E-state index contributed by atoms with van der Waals surface area (Å²) in [5.74, 6) is -0.770. The van der Waals surface area contributed by atoms with Gasteiger partial charge in [0.15, 0.2) is 0 Å². The van der Waals surface area contributed by atoms with Gasteiger partial charge in [-0.2, -0.15) is 5.10 Å². The molecule has 2 amide bonds. The van der Waals surface area contributed by atoms with Crippen LogP contribution in [0.1, 0.15) is 15.9 Å². The van der Waals surface area contributed by atoms with E-state index in [0.717, 1.165) is 4.47 Å². The molecule has 2 aromatic rings. The van der Waals surface area contributed by atoms with Crippen molar-refractivity contribution in [1.29, 1.82) is 0 Å². The molecule has 0 bridgehead atoms. The second-order valence-corrected chi connectivity index (χ2v) is 5.83. The van der Waals surface area contributed by atoms with Gasteiger partial charge >= 0.3 is 0 Å². The van der Waals surface area contributed by atoms with E-state index in [1.54, 1.807) is 36.4 Å². The molecule has 2 rings (SSSR count). The van der Waals surface area contributed by atoms with E-state index in [9.17, 15) is 9.59 Å². The molecule has 0 aliphatic heterocycles. The molecule has 2 N–H and O–H groups in total. The molecule has 0 saturated carbocycles. The SMILES string of the molecule is O=C(CNC(=O)c1cccc(Br)c1)N/N=C\c1ccccc1Cl. The molecule has 5 nitrogen and oxygen atoms in total. The molecule has 0 fully saturated rings. The summed E-state index contributed by atoms with van der Waals surface area (Å²) in [6, 6.07) is 14.0. The number of hydrogen-bond donors (Lipinski definition) is 2. The van der Waals surface area contributed by atoms with Crippen molar-refractivity contribution < 1.29 is 9.59 Å². The molecule has 2 aromatic carbocycles. The van der Waals surface area contributed by atoms with Crippen molar-refractivity contribution >= 4 is 45.6 Å². The van der Waals surface area contributed by atoms with Crippen molar-refractivity contribution in [3.8, 4) is 0 Å². The summed E-state index contributed by atoms with van der Waals surface area (Å²) < 4.78 is 0.791. The van der Waals surface area contributed by atoms with Gasteiger partial charge in [0.25, 0.3) is 11.8 Å². The van der Waals surface area contributed by atoms with Gasteiger partial charge in [0.05, 0.1) is 12.8 Å². The van der Waals surface area contributed by atoms with Crippen LogP contribution >= 0.6 is 27.5 Å². The van der Waals surface area contributed by atoms with Crippen LogP contribution < -0.4 is 10.7 Å². The highest BCUT2D eigenvalue weighted by Crippen LogP contribution is 2.12. The summed E-state index contributed by atoms with van der Waals surface area (Å²) in [7, 11) is 0. The van der Waals surface area contributed by atoms with Gasteiger partial charge in [-0.05, 0) is 24.3 Å². The van der Waals surface area contributed by atoms with Gasteiger partial charge in [0, 0.05) is 20.6 Å². The topological polar surface area (TPSA) is 70.6 Å². The lowest BCUT2D eigenvalue weighted by molar-refractivity contribution is -0.120. The third kappa shape index (κ3) is 5.50. The Morgan fingerprint density at radius 3 is 2.70 bits per heavy atom. The quantitative estimate of drug-likeness (QED) is 0.604. The first-order valence-corrected chi connectivity index (χ1v) is 7.83. The summed E-state index contributed by atoms with van der Waals surface area (Å²) >= 11 is 9.24. The van der Waals surface area contributed by atoms with Crippen molar-refractivity contribution in [3.63, 3.8) is 0 Å². The van der Waals surface area contributed by atoms with E-state index < -0.39 is 5.91 Å². The number of rotatable bonds is 5. The molecule has 0 unspecified atom stereocenters. The van der Waals surface area contributed by atoms with Gasteiger partial charge in [-0.25, -0.2) is 5.43 Å². The molecule has 118 valence electrons. The van der Waals surface area contributed by atoms with Gasteiger partial charge < -0.3 is 5.32 Å². The van der Waals surface area contributed by atoms with E-state index in [1.165, 1.54) is 6.21 Å². The lowest BCUT2D eigenvalue weighted by atomic mass is 10.2. The maximum atomic E-state index is 11.9. The monoisotopic (exact) mass is 393 g/mol. The van der Waals surface area contributed by atoms with Crippen LogP contribution in [0, 0.1) is 0 Å². The first-order valence-electron chi connectivity index (χ1n) is 6.66. The highest BCUT2D eigenvalue weighted by Gasteiger charge is 2.07. The first-order chi connectivity index (χ1) is 11.1. The average Bonchev–Trinajstić information content (AvgIpc) is 2.54. The van der Waals surface area contributed by atoms with Crippen molar-refractivity contribution in [2.75, 3.05) is 6.54 Å². The minimum Gasteiger partial charge on any atom is -0.343 e. The summed E-state index contributed by atoms with van der Waals surface area (Å²) in [6.45, 7) is -0.175. The average molecular weight is 395 g/mol. The van der Waals surface area contributed by atoms with Gasteiger partial charge in [-0.3, -0.25) is 9.59 Å². The zero-order chi connectivity index (χ0) is 16.7. The zero-order valence-corrected chi connectivity index (χ0v) is 14.3. The molecule has 0 saturated heterocycles. The Labute approximate surface area is 146 Å². The Morgan fingerprint density at radius 1 is 1.17 bits per heavy atom. The van der Waals surface area contributed by atoms with Crippen LogP contribution in [0.15, 0.2) is 58.1 Å². The molecular weight excluding hydrogens is 382 g/mol. The number of hydrazone groups is 1. The Bertz CT molecular complexity index is 750. The van der Waals surface area contributed by atoms with Gasteiger partial charge in [-0.15, -0.1) is 0 Å². The standard InChI is InChI=1S/C16H13BrClN3O2/c17-13-6-3-5-11(8-13)16(23)19-10-15(22)21-20-9-12-4-1-2-7-14(12)18/h1-9H,10H2,(H,19,23)(H,21,22)/b20-9-. The van der Waals surface area contributed by atoms with Crippen LogP contribution in [0.4, 0.5) is 0 Å². The summed E-state index contributed by atoms with van der Waals surface area (Å²) in [6.07, 6.45) is 1.44. The molecule has 0 heterocycles. The largest absolute Gasteiger partial charge is 0.343 e. The van der Waals surface area contributed by atoms with Crippen LogP contribution in [0.25, 0.3) is 0 Å². The third-order valence-electron chi connectivity index (χ3n) is 2.79. The Kier molecular flexibility index (Phi) is 6.31. The van der Waals surface area contributed by atoms with Crippen molar-refractivity contribution in [3.05, 3.63) is 69.2 Å². The minimum absolute atomic E-state index is 0.175. The molecule has 0 aliphatic rings. The lowest BCUT2D eigenvalue weighted by Gasteiger charge is -2.04. The van der Waals surface area contributed by atoms with Crippen LogP contribution in [0.2, 0.25) is 5.02 Å². The number of nitrogens with one attached hydrogen (secondary N) is 2. The van der Waals surface area contributed by atoms with Gasteiger partial charge in [0.1, 0.15) is 0 Å². The van der Waals surface area contributed by atoms with Crippen molar-refractivity contribution in [2.45, 2.75) is 0 Å². The maximum Gasteiger partial charge on any atom is 0.259 e. The molecule has 0 aromatic heterocycles. The van der Waals surface area contributed by atoms with Crippen molar-refractivity contribution in [1.82, 2.24) is 10.7 Å². The first kappa shape index (κ1) is 17.2. The van der Waals surface area contributed by atoms with Crippen LogP contribution in [0.5, 0.6) is 0 Å². The van der Waals surface area contributed by atoms with Crippen LogP contribution in [0.3, 0.4) is 0 Å². The van der Waals surface area contributed by atoms with E-state index in [1.807, 2.05) is 12.1 Å². The highest BCUT2D eigenvalue weighted by molar-refractivity contribution is 9.10. The fourth-order valence-electron chi connectivity index (χ4n) is 1.69. The second-order valence-electron chi connectivity index (χ2n) is 4.51. The summed E-state index contributed by atoms with van der Waals surface area (Å²) in [5.41, 5.74) is 3.48. The smallest absolute Gasteiger partial charge is 0.259 e. The maximum absolute atomic E-state index is 11.9. The molecule has 0 radical (unpaired) electrons. The number of nitrogens with zero attached hydrogens (tertiary/aromatic N) is 1. The molecule has 0 atom stereocenters. The molecule has 23 heavy (non-hydrogen) atoms. The minimum atomic E-state index is -0.434. The fourth-order valence-corrected chi connectivity index (χ4v) is 2.27. The van der Waals surface area contributed by atoms with E-state index >= 15 is 0 Å². The molecule has 7 heteroatoms. The Morgan fingerprint density at radius 2 is 1.96 bits per heavy atom. The van der Waals surface area contributed by atoms with Gasteiger partial charge in [0.2, 0.25) is 0 Å². The van der Waals surface area contributed by atoms with E-state index in [-0.39, 0.29) is 12.5 Å². The van der Waals surface area contributed by atoms with Crippen LogP contribution in [-0.4, -0.2) is 24.6 Å². The van der Waals surface area contributed by atoms with Crippen molar-refractivity contribution in [2.24, 2.45) is 5.10 Å². The predicted octanol–water partition coefficient (Wildman–Crippen LogP) is 2.98. The second kappa shape index (κ2) is 8.45. The number of halogens is 2. The molecular formula is C16H13BrClN3O2. The number of benzene rings is 2. The lowest BCUT2D eigenvalue weighted by Crippen LogP contribution is -2.34. The number of carbonyl (C=O) groups excluding carboxylic acids is 2. The normalized spacial score (nSPS) is 10.5. The van der Waals surface area contributed by atoms with Gasteiger partial charge in [-0.1, -0.05) is 51.8 Å². The third-order valence-corrected chi connectivity index (χ3v) is 3.63. The number of hydrogen-bond acceptors (Lipinski definition) is 3. The van der Waals surface area contributed by atoms with E-state index in [0.29, 0.717) is 16.1 Å². The Balaban J connectivity index is 1.81. The molecule has 0 spiro atoms. The predicted molar refractivity (Wildman–Crippen MR) is 93.7 cm³/mol. The fraction of sp³-hybridized carbons (Fsp3) is 0.0625. The van der Waals surface area contributed by atoms with Crippen LogP contribution in [-0.2, 0) is 4.79 Å². The van der Waals surface area contributed by atoms with E-state index in [2.05, 4.69) is 31.8 Å². The summed E-state index contributed by atoms with van der Waals surface area (Å²) in [4.78, 5) is 23.5. The number of amides is 2. The highest BCUT2D eigenvalue weighted by atomic mass is 79.9.